The molecule has 0 aliphatic carbocycles. The van der Waals surface area contributed by atoms with Crippen LogP contribution in [0, 0.1) is 5.82 Å². The summed E-state index contributed by atoms with van der Waals surface area (Å²) in [6, 6.07) is 4.86. The highest BCUT2D eigenvalue weighted by Gasteiger charge is 2.32. The van der Waals surface area contributed by atoms with Crippen molar-refractivity contribution in [1.29, 1.82) is 0 Å². The van der Waals surface area contributed by atoms with Crippen molar-refractivity contribution in [1.82, 2.24) is 10.2 Å². The first kappa shape index (κ1) is 14.6. The fourth-order valence-corrected chi connectivity index (χ4v) is 3.00. The summed E-state index contributed by atoms with van der Waals surface area (Å²) >= 11 is 1.51. The van der Waals surface area contributed by atoms with E-state index in [2.05, 4.69) is 5.32 Å². The number of amides is 2. The molecule has 1 aromatic carbocycles. The summed E-state index contributed by atoms with van der Waals surface area (Å²) in [5.74, 6) is -0.325. The predicted octanol–water partition coefficient (Wildman–Crippen LogP) is 1.54. The molecule has 2 N–H and O–H groups in total. The Hall–Kier alpha value is -1.76. The van der Waals surface area contributed by atoms with Crippen LogP contribution in [0.4, 0.5) is 9.18 Å². The van der Waals surface area contributed by atoms with Gasteiger partial charge in [0.25, 0.3) is 0 Å². The van der Waals surface area contributed by atoms with Gasteiger partial charge in [-0.05, 0) is 6.07 Å². The normalized spacial score (nSPS) is 18.6. The summed E-state index contributed by atoms with van der Waals surface area (Å²) in [4.78, 5) is 24.4. The molecule has 1 saturated heterocycles. The lowest BCUT2D eigenvalue weighted by atomic mass is 10.2. The fourth-order valence-electron chi connectivity index (χ4n) is 1.97. The Morgan fingerprint density at radius 2 is 2.20 bits per heavy atom. The van der Waals surface area contributed by atoms with Crippen LogP contribution in [-0.4, -0.2) is 46.1 Å². The lowest BCUT2D eigenvalue weighted by Gasteiger charge is -2.32. The maximum absolute atomic E-state index is 13.4. The Kier molecular flexibility index (Phi) is 4.84. The highest BCUT2D eigenvalue weighted by molar-refractivity contribution is 7.99. The lowest BCUT2D eigenvalue weighted by molar-refractivity contribution is -0.141. The number of halogens is 1. The minimum absolute atomic E-state index is 0.0431. The van der Waals surface area contributed by atoms with Crippen LogP contribution >= 0.6 is 11.8 Å². The minimum Gasteiger partial charge on any atom is -0.480 e. The Balaban J connectivity index is 1.97. The van der Waals surface area contributed by atoms with Gasteiger partial charge in [-0.2, -0.15) is 11.8 Å². The van der Waals surface area contributed by atoms with Crippen molar-refractivity contribution in [2.75, 3.05) is 18.1 Å². The SMILES string of the molecule is O=C(O)C1CSCCN1C(=O)NCc1ccccc1F. The highest BCUT2D eigenvalue weighted by atomic mass is 32.2. The van der Waals surface area contributed by atoms with Crippen molar-refractivity contribution in [3.63, 3.8) is 0 Å². The summed E-state index contributed by atoms with van der Waals surface area (Å²) < 4.78 is 13.4. The zero-order valence-electron chi connectivity index (χ0n) is 10.7. The quantitative estimate of drug-likeness (QED) is 0.888. The Morgan fingerprint density at radius 1 is 1.45 bits per heavy atom. The van der Waals surface area contributed by atoms with E-state index in [9.17, 15) is 14.0 Å². The molecule has 1 aliphatic rings. The van der Waals surface area contributed by atoms with Gasteiger partial charge in [0.05, 0.1) is 0 Å². The smallest absolute Gasteiger partial charge is 0.327 e. The maximum Gasteiger partial charge on any atom is 0.327 e. The van der Waals surface area contributed by atoms with Gasteiger partial charge >= 0.3 is 12.0 Å². The maximum atomic E-state index is 13.4. The number of benzene rings is 1. The molecular formula is C13H15FN2O3S. The zero-order chi connectivity index (χ0) is 14.5. The van der Waals surface area contributed by atoms with Crippen molar-refractivity contribution in [3.8, 4) is 0 Å². The number of nitrogens with one attached hydrogen (secondary N) is 1. The molecule has 1 heterocycles. The molecule has 108 valence electrons. The number of carbonyl (C=O) groups is 2. The average molecular weight is 298 g/mol. The van der Waals surface area contributed by atoms with Gasteiger partial charge in [0, 0.05) is 30.2 Å². The van der Waals surface area contributed by atoms with E-state index in [4.69, 9.17) is 5.11 Å². The number of carboxylic acids is 1. The molecule has 1 fully saturated rings. The molecule has 0 bridgehead atoms. The largest absolute Gasteiger partial charge is 0.480 e. The molecule has 1 atom stereocenters. The Labute approximate surface area is 120 Å². The van der Waals surface area contributed by atoms with Crippen LogP contribution in [-0.2, 0) is 11.3 Å². The van der Waals surface area contributed by atoms with Gasteiger partial charge in [-0.25, -0.2) is 14.0 Å². The monoisotopic (exact) mass is 298 g/mol. The minimum atomic E-state index is -1.02. The summed E-state index contributed by atoms with van der Waals surface area (Å²) in [5.41, 5.74) is 0.374. The van der Waals surface area contributed by atoms with Crippen LogP contribution in [0.5, 0.6) is 0 Å². The van der Waals surface area contributed by atoms with E-state index in [1.54, 1.807) is 18.2 Å². The van der Waals surface area contributed by atoms with Crippen LogP contribution in [0.3, 0.4) is 0 Å². The van der Waals surface area contributed by atoms with E-state index in [1.165, 1.54) is 22.7 Å². The predicted molar refractivity (Wildman–Crippen MR) is 74.1 cm³/mol. The fraction of sp³-hybridized carbons (Fsp3) is 0.385. The van der Waals surface area contributed by atoms with Crippen LogP contribution in [0.25, 0.3) is 0 Å². The number of aliphatic carboxylic acids is 1. The molecule has 5 nitrogen and oxygen atoms in total. The standard InChI is InChI=1S/C13H15FN2O3S/c14-10-4-2-1-3-9(10)7-15-13(19)16-5-6-20-8-11(16)12(17)18/h1-4,11H,5-8H2,(H,15,19)(H,17,18). The average Bonchev–Trinajstić information content (AvgIpc) is 2.46. The number of rotatable bonds is 3. The number of carbonyl (C=O) groups excluding carboxylic acids is 1. The van der Waals surface area contributed by atoms with Gasteiger partial charge in [-0.15, -0.1) is 0 Å². The molecule has 0 aromatic heterocycles. The van der Waals surface area contributed by atoms with Crippen LogP contribution in [0.2, 0.25) is 0 Å². The topological polar surface area (TPSA) is 69.6 Å². The molecule has 20 heavy (non-hydrogen) atoms. The van der Waals surface area contributed by atoms with Crippen molar-refractivity contribution in [2.24, 2.45) is 0 Å². The molecule has 0 radical (unpaired) electrons. The van der Waals surface area contributed by atoms with Gasteiger partial charge < -0.3 is 15.3 Å². The van der Waals surface area contributed by atoms with Crippen LogP contribution in [0.15, 0.2) is 24.3 Å². The third-order valence-corrected chi connectivity index (χ3v) is 4.08. The van der Waals surface area contributed by atoms with E-state index >= 15 is 0 Å². The number of carboxylic acid groups (broad SMARTS) is 1. The zero-order valence-corrected chi connectivity index (χ0v) is 11.5. The molecule has 1 aliphatic heterocycles. The van der Waals surface area contributed by atoms with E-state index < -0.39 is 23.9 Å². The summed E-state index contributed by atoms with van der Waals surface area (Å²) in [6.45, 7) is 0.423. The van der Waals surface area contributed by atoms with Gasteiger partial charge in [0.1, 0.15) is 11.9 Å². The summed E-state index contributed by atoms with van der Waals surface area (Å²) in [5, 5.41) is 11.7. The van der Waals surface area contributed by atoms with E-state index in [0.717, 1.165) is 0 Å². The second kappa shape index (κ2) is 6.60. The first-order valence-corrected chi connectivity index (χ1v) is 7.33. The Bertz CT molecular complexity index is 512. The van der Waals surface area contributed by atoms with Crippen LogP contribution in [0.1, 0.15) is 5.56 Å². The number of urea groups is 1. The molecule has 0 saturated carbocycles. The molecule has 2 amide bonds. The van der Waals surface area contributed by atoms with E-state index in [-0.39, 0.29) is 6.54 Å². The number of hydrogen-bond acceptors (Lipinski definition) is 3. The summed E-state index contributed by atoms with van der Waals surface area (Å²) in [6.07, 6.45) is 0. The van der Waals surface area contributed by atoms with Crippen molar-refractivity contribution in [3.05, 3.63) is 35.6 Å². The molecule has 1 unspecified atom stereocenters. The Morgan fingerprint density at radius 3 is 2.90 bits per heavy atom. The molecule has 1 aromatic rings. The number of hydrogen-bond donors (Lipinski definition) is 2. The second-order valence-electron chi connectivity index (χ2n) is 4.37. The third kappa shape index (κ3) is 3.41. The van der Waals surface area contributed by atoms with Crippen molar-refractivity contribution < 1.29 is 19.1 Å². The van der Waals surface area contributed by atoms with Gasteiger partial charge in [-0.1, -0.05) is 18.2 Å². The van der Waals surface area contributed by atoms with Gasteiger partial charge in [0.2, 0.25) is 0 Å². The number of nitrogens with zero attached hydrogens (tertiary/aromatic N) is 1. The molecule has 0 spiro atoms. The first-order valence-electron chi connectivity index (χ1n) is 6.18. The summed E-state index contributed by atoms with van der Waals surface area (Å²) in [7, 11) is 0. The highest BCUT2D eigenvalue weighted by Crippen LogP contribution is 2.17. The third-order valence-electron chi connectivity index (χ3n) is 3.06. The van der Waals surface area contributed by atoms with Gasteiger partial charge in [0.15, 0.2) is 0 Å². The van der Waals surface area contributed by atoms with Crippen LogP contribution < -0.4 is 5.32 Å². The second-order valence-corrected chi connectivity index (χ2v) is 5.52. The van der Waals surface area contributed by atoms with Gasteiger partial charge in [-0.3, -0.25) is 0 Å². The lowest BCUT2D eigenvalue weighted by Crippen LogP contribution is -2.53. The van der Waals surface area contributed by atoms with E-state index in [1.807, 2.05) is 0 Å². The first-order chi connectivity index (χ1) is 9.59. The molecule has 2 rings (SSSR count). The molecular weight excluding hydrogens is 283 g/mol. The number of thioether (sulfide) groups is 1. The van der Waals surface area contributed by atoms with Crippen molar-refractivity contribution in [2.45, 2.75) is 12.6 Å². The molecule has 7 heteroatoms. The van der Waals surface area contributed by atoms with E-state index in [0.29, 0.717) is 23.6 Å². The van der Waals surface area contributed by atoms with Crippen molar-refractivity contribution >= 4 is 23.8 Å².